The van der Waals surface area contributed by atoms with E-state index in [4.69, 9.17) is 9.47 Å². The fourth-order valence-corrected chi connectivity index (χ4v) is 3.74. The highest BCUT2D eigenvalue weighted by Gasteiger charge is 2.21. The third kappa shape index (κ3) is 5.93. The molecule has 30 heavy (non-hydrogen) atoms. The largest absolute Gasteiger partial charge is 0.497 e. The van der Waals surface area contributed by atoms with Crippen molar-refractivity contribution in [3.63, 3.8) is 0 Å². The van der Waals surface area contributed by atoms with Crippen molar-refractivity contribution in [1.82, 2.24) is 10.2 Å². The maximum atomic E-state index is 5.50. The van der Waals surface area contributed by atoms with E-state index in [1.54, 1.807) is 14.2 Å². The summed E-state index contributed by atoms with van der Waals surface area (Å²) in [5.74, 6) is 3.11. The standard InChI is InChI=1S/C23H32N4O2.HI/c1-18(21-10-5-6-11-22(21)29-4)17-25-23(24-2)27-14-12-26(13-15-27)19-8-7-9-20(16-19)28-3;/h5-11,16,18H,12-15,17H2,1-4H3,(H,24,25);1H. The van der Waals surface area contributed by atoms with Gasteiger partial charge in [-0.15, -0.1) is 24.0 Å². The number of benzene rings is 2. The van der Waals surface area contributed by atoms with Crippen LogP contribution in [-0.2, 0) is 0 Å². The maximum absolute atomic E-state index is 5.50. The van der Waals surface area contributed by atoms with E-state index >= 15 is 0 Å². The van der Waals surface area contributed by atoms with Gasteiger partial charge in [-0.2, -0.15) is 0 Å². The summed E-state index contributed by atoms with van der Waals surface area (Å²) in [4.78, 5) is 9.22. The second-order valence-electron chi connectivity index (χ2n) is 7.25. The number of guanidine groups is 1. The minimum atomic E-state index is 0. The van der Waals surface area contributed by atoms with Crippen LogP contribution in [0.3, 0.4) is 0 Å². The lowest BCUT2D eigenvalue weighted by molar-refractivity contribution is 0.370. The molecule has 1 N–H and O–H groups in total. The zero-order chi connectivity index (χ0) is 20.6. The van der Waals surface area contributed by atoms with Crippen molar-refractivity contribution in [1.29, 1.82) is 0 Å². The molecule has 6 nitrogen and oxygen atoms in total. The van der Waals surface area contributed by atoms with Crippen molar-refractivity contribution in [3.8, 4) is 11.5 Å². The van der Waals surface area contributed by atoms with E-state index in [1.165, 1.54) is 11.3 Å². The quantitative estimate of drug-likeness (QED) is 0.354. The third-order valence-electron chi connectivity index (χ3n) is 5.45. The number of ether oxygens (including phenoxy) is 2. The fourth-order valence-electron chi connectivity index (χ4n) is 3.74. The number of para-hydroxylation sites is 1. The number of methoxy groups -OCH3 is 2. The molecule has 0 radical (unpaired) electrons. The van der Waals surface area contributed by atoms with E-state index in [0.29, 0.717) is 5.92 Å². The summed E-state index contributed by atoms with van der Waals surface area (Å²) < 4.78 is 10.9. The zero-order valence-corrected chi connectivity index (χ0v) is 20.6. The Morgan fingerprint density at radius 2 is 1.77 bits per heavy atom. The van der Waals surface area contributed by atoms with Crippen molar-refractivity contribution < 1.29 is 9.47 Å². The molecule has 0 amide bonds. The lowest BCUT2D eigenvalue weighted by Gasteiger charge is -2.38. The Labute approximate surface area is 197 Å². The molecule has 0 saturated carbocycles. The van der Waals surface area contributed by atoms with Crippen LogP contribution in [0, 0.1) is 0 Å². The predicted molar refractivity (Wildman–Crippen MR) is 135 cm³/mol. The number of hydrogen-bond acceptors (Lipinski definition) is 4. The summed E-state index contributed by atoms with van der Waals surface area (Å²) >= 11 is 0. The molecule has 0 spiro atoms. The third-order valence-corrected chi connectivity index (χ3v) is 5.45. The first-order valence-electron chi connectivity index (χ1n) is 10.1. The SMILES string of the molecule is CN=C(NCC(C)c1ccccc1OC)N1CCN(c2cccc(OC)c2)CC1.I. The smallest absolute Gasteiger partial charge is 0.193 e. The summed E-state index contributed by atoms with van der Waals surface area (Å²) in [5.41, 5.74) is 2.41. The first-order chi connectivity index (χ1) is 14.2. The van der Waals surface area contributed by atoms with Gasteiger partial charge in [0, 0.05) is 57.4 Å². The van der Waals surface area contributed by atoms with Gasteiger partial charge in [-0.25, -0.2) is 0 Å². The van der Waals surface area contributed by atoms with Crippen LogP contribution >= 0.6 is 24.0 Å². The molecule has 1 saturated heterocycles. The second kappa shape index (κ2) is 11.9. The topological polar surface area (TPSA) is 49.3 Å². The predicted octanol–water partition coefficient (Wildman–Crippen LogP) is 3.82. The lowest BCUT2D eigenvalue weighted by atomic mass is 10.0. The van der Waals surface area contributed by atoms with Gasteiger partial charge in [0.25, 0.3) is 0 Å². The van der Waals surface area contributed by atoms with E-state index in [-0.39, 0.29) is 24.0 Å². The van der Waals surface area contributed by atoms with Crippen LogP contribution in [0.4, 0.5) is 5.69 Å². The molecule has 1 aliphatic heterocycles. The molecule has 0 aliphatic carbocycles. The molecule has 2 aromatic carbocycles. The van der Waals surface area contributed by atoms with E-state index in [0.717, 1.165) is 50.2 Å². The van der Waals surface area contributed by atoms with E-state index < -0.39 is 0 Å². The van der Waals surface area contributed by atoms with Gasteiger partial charge >= 0.3 is 0 Å². The van der Waals surface area contributed by atoms with Crippen molar-refractivity contribution in [2.75, 3.05) is 58.9 Å². The van der Waals surface area contributed by atoms with Crippen LogP contribution < -0.4 is 19.7 Å². The molecule has 7 heteroatoms. The molecule has 164 valence electrons. The Bertz CT molecular complexity index is 822. The molecule has 2 aromatic rings. The average molecular weight is 524 g/mol. The van der Waals surface area contributed by atoms with Gasteiger partial charge in [-0.05, 0) is 23.8 Å². The molecule has 0 aromatic heterocycles. The second-order valence-corrected chi connectivity index (χ2v) is 7.25. The van der Waals surface area contributed by atoms with Crippen LogP contribution in [0.15, 0.2) is 53.5 Å². The highest BCUT2D eigenvalue weighted by Crippen LogP contribution is 2.26. The van der Waals surface area contributed by atoms with Gasteiger partial charge in [0.15, 0.2) is 5.96 Å². The molecule has 1 aliphatic rings. The molecule has 1 fully saturated rings. The van der Waals surface area contributed by atoms with Gasteiger partial charge in [-0.3, -0.25) is 4.99 Å². The van der Waals surface area contributed by atoms with Gasteiger partial charge in [0.1, 0.15) is 11.5 Å². The number of nitrogens with one attached hydrogen (secondary N) is 1. The summed E-state index contributed by atoms with van der Waals surface area (Å²) in [6.07, 6.45) is 0. The molecular weight excluding hydrogens is 491 g/mol. The summed E-state index contributed by atoms with van der Waals surface area (Å²) in [5, 5.41) is 3.54. The number of aliphatic imine (C=N–C) groups is 1. The number of piperazine rings is 1. The Hall–Kier alpha value is -2.16. The lowest BCUT2D eigenvalue weighted by Crippen LogP contribution is -2.53. The number of anilines is 1. The van der Waals surface area contributed by atoms with Crippen LogP contribution in [0.1, 0.15) is 18.4 Å². The Kier molecular flexibility index (Phi) is 9.55. The zero-order valence-electron chi connectivity index (χ0n) is 18.3. The number of rotatable bonds is 6. The monoisotopic (exact) mass is 524 g/mol. The van der Waals surface area contributed by atoms with Crippen LogP contribution in [-0.4, -0.2) is 64.9 Å². The van der Waals surface area contributed by atoms with Crippen LogP contribution in [0.25, 0.3) is 0 Å². The minimum absolute atomic E-state index is 0. The highest BCUT2D eigenvalue weighted by atomic mass is 127. The molecule has 1 unspecified atom stereocenters. The van der Waals surface area contributed by atoms with Crippen LogP contribution in [0.2, 0.25) is 0 Å². The number of halogens is 1. The van der Waals surface area contributed by atoms with Gasteiger partial charge in [0.05, 0.1) is 14.2 Å². The van der Waals surface area contributed by atoms with Gasteiger partial charge in [-0.1, -0.05) is 31.2 Å². The number of nitrogens with zero attached hydrogens (tertiary/aromatic N) is 3. The summed E-state index contributed by atoms with van der Waals surface area (Å²) in [6, 6.07) is 16.5. The molecule has 0 bridgehead atoms. The molecular formula is C23H33IN4O2. The normalized spacial score (nSPS) is 15.3. The van der Waals surface area contributed by atoms with Crippen molar-refractivity contribution in [3.05, 3.63) is 54.1 Å². The Morgan fingerprint density at radius 3 is 2.43 bits per heavy atom. The Balaban J connectivity index is 0.00000320. The highest BCUT2D eigenvalue weighted by molar-refractivity contribution is 14.0. The van der Waals surface area contributed by atoms with Gasteiger partial charge in [0.2, 0.25) is 0 Å². The average Bonchev–Trinajstić information content (AvgIpc) is 2.79. The molecule has 1 heterocycles. The van der Waals surface area contributed by atoms with Crippen molar-refractivity contribution >= 4 is 35.6 Å². The fraction of sp³-hybridized carbons (Fsp3) is 0.435. The van der Waals surface area contributed by atoms with E-state index in [2.05, 4.69) is 51.3 Å². The van der Waals surface area contributed by atoms with E-state index in [9.17, 15) is 0 Å². The Morgan fingerprint density at radius 1 is 1.03 bits per heavy atom. The van der Waals surface area contributed by atoms with Crippen LogP contribution in [0.5, 0.6) is 11.5 Å². The first kappa shape index (κ1) is 24.1. The van der Waals surface area contributed by atoms with Gasteiger partial charge < -0.3 is 24.6 Å². The van der Waals surface area contributed by atoms with Crippen molar-refractivity contribution in [2.45, 2.75) is 12.8 Å². The molecule has 3 rings (SSSR count). The summed E-state index contributed by atoms with van der Waals surface area (Å²) in [6.45, 7) is 6.79. The molecule has 1 atom stereocenters. The first-order valence-corrected chi connectivity index (χ1v) is 10.1. The summed E-state index contributed by atoms with van der Waals surface area (Å²) in [7, 11) is 5.28. The minimum Gasteiger partial charge on any atom is -0.497 e. The van der Waals surface area contributed by atoms with E-state index in [1.807, 2.05) is 31.3 Å². The number of hydrogen-bond donors (Lipinski definition) is 1. The van der Waals surface area contributed by atoms with Crippen molar-refractivity contribution in [2.24, 2.45) is 4.99 Å². The maximum Gasteiger partial charge on any atom is 0.193 e.